The van der Waals surface area contributed by atoms with E-state index in [9.17, 15) is 9.59 Å². The number of nitrogens with zero attached hydrogens (tertiary/aromatic N) is 1. The lowest BCUT2D eigenvalue weighted by Gasteiger charge is -2.10. The van der Waals surface area contributed by atoms with Gasteiger partial charge in [0.15, 0.2) is 6.10 Å². The topological polar surface area (TPSA) is 102 Å². The Morgan fingerprint density at radius 2 is 2.00 bits per heavy atom. The zero-order chi connectivity index (χ0) is 13.3. The van der Waals surface area contributed by atoms with Gasteiger partial charge in [-0.1, -0.05) is 5.16 Å². The van der Waals surface area contributed by atoms with Crippen molar-refractivity contribution in [3.05, 3.63) is 11.3 Å². The molecule has 1 amide bonds. The lowest BCUT2D eigenvalue weighted by atomic mass is 10.2. The normalized spacial score (nSPS) is 23.0. The summed E-state index contributed by atoms with van der Waals surface area (Å²) in [5, 5.41) is 15.0. The maximum absolute atomic E-state index is 11.8. The third-order valence-electron chi connectivity index (χ3n) is 2.98. The van der Waals surface area contributed by atoms with Crippen LogP contribution in [0.5, 0.6) is 0 Å². The third kappa shape index (κ3) is 2.35. The summed E-state index contributed by atoms with van der Waals surface area (Å²) in [4.78, 5) is 22.5. The van der Waals surface area contributed by atoms with Crippen LogP contribution in [0.2, 0.25) is 0 Å². The summed E-state index contributed by atoms with van der Waals surface area (Å²) in [6.45, 7) is 3.54. The molecule has 1 saturated heterocycles. The van der Waals surface area contributed by atoms with Crippen LogP contribution in [-0.4, -0.2) is 34.3 Å². The second kappa shape index (κ2) is 4.77. The van der Waals surface area contributed by atoms with Crippen LogP contribution >= 0.6 is 0 Å². The van der Waals surface area contributed by atoms with Gasteiger partial charge >= 0.3 is 5.97 Å². The standard InChI is InChI=1S/C11H14N2O5/c1-5-6(2)13-18-10(5)12-9(14)7-3-4-8(17-7)11(15)16/h7-8H,3-4H2,1-2H3,(H,12,14)(H,15,16). The molecular weight excluding hydrogens is 240 g/mol. The highest BCUT2D eigenvalue weighted by molar-refractivity contribution is 5.94. The fourth-order valence-corrected chi connectivity index (χ4v) is 1.74. The van der Waals surface area contributed by atoms with Gasteiger partial charge in [0.1, 0.15) is 6.10 Å². The van der Waals surface area contributed by atoms with E-state index >= 15 is 0 Å². The Bertz CT molecular complexity index is 482. The molecule has 98 valence electrons. The minimum absolute atomic E-state index is 0.278. The summed E-state index contributed by atoms with van der Waals surface area (Å²) >= 11 is 0. The van der Waals surface area contributed by atoms with Crippen molar-refractivity contribution in [2.24, 2.45) is 0 Å². The van der Waals surface area contributed by atoms with Crippen molar-refractivity contribution < 1.29 is 24.0 Å². The van der Waals surface area contributed by atoms with Gasteiger partial charge in [-0.2, -0.15) is 0 Å². The average molecular weight is 254 g/mol. The second-order valence-electron chi connectivity index (χ2n) is 4.24. The first-order valence-corrected chi connectivity index (χ1v) is 5.61. The molecule has 0 aliphatic carbocycles. The lowest BCUT2D eigenvalue weighted by Crippen LogP contribution is -2.30. The Labute approximate surface area is 103 Å². The molecule has 2 heterocycles. The predicted octanol–water partition coefficient (Wildman–Crippen LogP) is 0.862. The SMILES string of the molecule is Cc1noc(NC(=O)C2CCC(C(=O)O)O2)c1C. The van der Waals surface area contributed by atoms with Gasteiger partial charge in [-0.3, -0.25) is 10.1 Å². The Morgan fingerprint density at radius 3 is 2.50 bits per heavy atom. The smallest absolute Gasteiger partial charge is 0.332 e. The number of amides is 1. The van der Waals surface area contributed by atoms with Crippen LogP contribution in [-0.2, 0) is 14.3 Å². The molecule has 0 spiro atoms. The molecule has 2 N–H and O–H groups in total. The van der Waals surface area contributed by atoms with Gasteiger partial charge in [0.2, 0.25) is 5.88 Å². The molecule has 1 aromatic rings. The molecule has 7 nitrogen and oxygen atoms in total. The number of ether oxygens (including phenoxy) is 1. The third-order valence-corrected chi connectivity index (χ3v) is 2.98. The fourth-order valence-electron chi connectivity index (χ4n) is 1.74. The molecule has 0 saturated carbocycles. The van der Waals surface area contributed by atoms with Gasteiger partial charge < -0.3 is 14.4 Å². The molecule has 2 unspecified atom stereocenters. The van der Waals surface area contributed by atoms with E-state index in [4.69, 9.17) is 14.4 Å². The van der Waals surface area contributed by atoms with Gasteiger partial charge in [0.25, 0.3) is 5.91 Å². The molecule has 0 radical (unpaired) electrons. The molecular formula is C11H14N2O5. The van der Waals surface area contributed by atoms with Gasteiger partial charge in [-0.25, -0.2) is 4.79 Å². The van der Waals surface area contributed by atoms with E-state index in [1.807, 2.05) is 0 Å². The number of anilines is 1. The highest BCUT2D eigenvalue weighted by atomic mass is 16.5. The summed E-state index contributed by atoms with van der Waals surface area (Å²) in [7, 11) is 0. The quantitative estimate of drug-likeness (QED) is 0.829. The predicted molar refractivity (Wildman–Crippen MR) is 60.1 cm³/mol. The monoisotopic (exact) mass is 254 g/mol. The number of aryl methyl sites for hydroxylation is 1. The minimum atomic E-state index is -1.04. The summed E-state index contributed by atoms with van der Waals surface area (Å²) in [5.74, 6) is -1.17. The van der Waals surface area contributed by atoms with Gasteiger partial charge in [-0.05, 0) is 26.7 Å². The maximum atomic E-state index is 11.8. The van der Waals surface area contributed by atoms with E-state index in [2.05, 4.69) is 10.5 Å². The highest BCUT2D eigenvalue weighted by Gasteiger charge is 2.35. The molecule has 1 fully saturated rings. The molecule has 7 heteroatoms. The van der Waals surface area contributed by atoms with E-state index < -0.39 is 24.1 Å². The van der Waals surface area contributed by atoms with Crippen LogP contribution < -0.4 is 5.32 Å². The Kier molecular flexibility index (Phi) is 3.33. The first-order chi connectivity index (χ1) is 8.49. The van der Waals surface area contributed by atoms with Crippen molar-refractivity contribution in [1.29, 1.82) is 0 Å². The highest BCUT2D eigenvalue weighted by Crippen LogP contribution is 2.23. The van der Waals surface area contributed by atoms with Gasteiger partial charge in [-0.15, -0.1) is 0 Å². The Hall–Kier alpha value is -1.89. The number of rotatable bonds is 3. The van der Waals surface area contributed by atoms with E-state index in [-0.39, 0.29) is 5.88 Å². The van der Waals surface area contributed by atoms with Crippen molar-refractivity contribution in [3.63, 3.8) is 0 Å². The zero-order valence-electron chi connectivity index (χ0n) is 10.1. The lowest BCUT2D eigenvalue weighted by molar-refractivity contribution is -0.150. The summed E-state index contributed by atoms with van der Waals surface area (Å²) in [6.07, 6.45) is -0.939. The number of carboxylic acids is 1. The zero-order valence-corrected chi connectivity index (χ0v) is 10.1. The van der Waals surface area contributed by atoms with Crippen LogP contribution in [0, 0.1) is 13.8 Å². The van der Waals surface area contributed by atoms with Crippen LogP contribution in [0.3, 0.4) is 0 Å². The van der Waals surface area contributed by atoms with E-state index in [0.717, 1.165) is 5.56 Å². The second-order valence-corrected chi connectivity index (χ2v) is 4.24. The number of hydrogen-bond donors (Lipinski definition) is 2. The fraction of sp³-hybridized carbons (Fsp3) is 0.545. The molecule has 1 aliphatic heterocycles. The molecule has 1 aliphatic rings. The van der Waals surface area contributed by atoms with Gasteiger partial charge in [0, 0.05) is 5.56 Å². The molecule has 18 heavy (non-hydrogen) atoms. The van der Waals surface area contributed by atoms with Crippen LogP contribution in [0.1, 0.15) is 24.1 Å². The summed E-state index contributed by atoms with van der Waals surface area (Å²) in [5.41, 5.74) is 1.44. The van der Waals surface area contributed by atoms with Crippen molar-refractivity contribution in [2.45, 2.75) is 38.9 Å². The van der Waals surface area contributed by atoms with Crippen molar-refractivity contribution >= 4 is 17.8 Å². The van der Waals surface area contributed by atoms with E-state index in [1.54, 1.807) is 13.8 Å². The average Bonchev–Trinajstić information content (AvgIpc) is 2.91. The number of carboxylic acid groups (broad SMARTS) is 1. The number of hydrogen-bond acceptors (Lipinski definition) is 5. The molecule has 0 aromatic carbocycles. The number of carbonyl (C=O) groups is 2. The van der Waals surface area contributed by atoms with E-state index in [0.29, 0.717) is 18.5 Å². The molecule has 1 aromatic heterocycles. The van der Waals surface area contributed by atoms with Crippen LogP contribution in [0.15, 0.2) is 4.52 Å². The van der Waals surface area contributed by atoms with Crippen molar-refractivity contribution in [2.75, 3.05) is 5.32 Å². The molecule has 2 rings (SSSR count). The molecule has 2 atom stereocenters. The van der Waals surface area contributed by atoms with Crippen LogP contribution in [0.4, 0.5) is 5.88 Å². The first kappa shape index (κ1) is 12.6. The van der Waals surface area contributed by atoms with Crippen LogP contribution in [0.25, 0.3) is 0 Å². The number of carbonyl (C=O) groups excluding carboxylic acids is 1. The summed E-state index contributed by atoms with van der Waals surface area (Å²) in [6, 6.07) is 0. The van der Waals surface area contributed by atoms with Crippen molar-refractivity contribution in [1.82, 2.24) is 5.16 Å². The summed E-state index contributed by atoms with van der Waals surface area (Å²) < 4.78 is 10.1. The largest absolute Gasteiger partial charge is 0.479 e. The minimum Gasteiger partial charge on any atom is -0.479 e. The molecule has 0 bridgehead atoms. The number of aliphatic carboxylic acids is 1. The Morgan fingerprint density at radius 1 is 1.33 bits per heavy atom. The van der Waals surface area contributed by atoms with Gasteiger partial charge in [0.05, 0.1) is 5.69 Å². The number of aromatic nitrogens is 1. The first-order valence-electron chi connectivity index (χ1n) is 5.61. The van der Waals surface area contributed by atoms with E-state index in [1.165, 1.54) is 0 Å². The number of nitrogens with one attached hydrogen (secondary N) is 1. The maximum Gasteiger partial charge on any atom is 0.332 e. The van der Waals surface area contributed by atoms with Crippen molar-refractivity contribution in [3.8, 4) is 0 Å². The Balaban J connectivity index is 1.97.